The lowest BCUT2D eigenvalue weighted by molar-refractivity contribution is -0.255. The number of carbonyl (C=O) groups is 5. The molecule has 0 aliphatic carbocycles. The molecule has 0 aromatic rings. The number of esters is 4. The van der Waals surface area contributed by atoms with E-state index < -0.39 is 60.6 Å². The summed E-state index contributed by atoms with van der Waals surface area (Å²) in [6.07, 6.45) is -6.50. The highest BCUT2D eigenvalue weighted by molar-refractivity contribution is 6.18. The van der Waals surface area contributed by atoms with Crippen LogP contribution < -0.4 is 10.6 Å². The monoisotopic (exact) mass is 452 g/mol. The fourth-order valence-electron chi connectivity index (χ4n) is 2.69. The second-order valence-corrected chi connectivity index (χ2v) is 6.59. The van der Waals surface area contributed by atoms with Crippen LogP contribution in [0.3, 0.4) is 0 Å². The van der Waals surface area contributed by atoms with Crippen molar-refractivity contribution in [1.82, 2.24) is 10.6 Å². The Bertz CT molecular complexity index is 658. The van der Waals surface area contributed by atoms with Gasteiger partial charge in [0, 0.05) is 40.1 Å². The topological polar surface area (TPSA) is 156 Å². The first-order valence-corrected chi connectivity index (χ1v) is 9.49. The summed E-state index contributed by atoms with van der Waals surface area (Å²) in [4.78, 5) is 58.2. The number of amides is 2. The lowest BCUT2D eigenvalue weighted by Crippen LogP contribution is -2.66. The average Bonchev–Trinajstić information content (AvgIpc) is 2.62. The van der Waals surface area contributed by atoms with E-state index in [9.17, 15) is 24.0 Å². The molecular formula is C17H25ClN2O10. The van der Waals surface area contributed by atoms with Crippen molar-refractivity contribution in [2.45, 2.75) is 58.3 Å². The van der Waals surface area contributed by atoms with Gasteiger partial charge in [0.2, 0.25) is 0 Å². The minimum Gasteiger partial charge on any atom is -0.463 e. The molecule has 0 bridgehead atoms. The van der Waals surface area contributed by atoms with E-state index in [0.717, 1.165) is 27.7 Å². The van der Waals surface area contributed by atoms with Gasteiger partial charge in [-0.25, -0.2) is 4.79 Å². The zero-order valence-corrected chi connectivity index (χ0v) is 17.7. The second kappa shape index (κ2) is 12.2. The number of ether oxygens (including phenoxy) is 5. The maximum Gasteiger partial charge on any atom is 0.316 e. The Morgan fingerprint density at radius 3 is 1.87 bits per heavy atom. The molecule has 1 aliphatic heterocycles. The van der Waals surface area contributed by atoms with Crippen molar-refractivity contribution in [2.75, 3.05) is 19.0 Å². The van der Waals surface area contributed by atoms with Gasteiger partial charge in [-0.05, 0) is 0 Å². The normalized spacial score (nSPS) is 25.4. The van der Waals surface area contributed by atoms with Crippen molar-refractivity contribution in [3.8, 4) is 0 Å². The number of hydrogen-bond donors (Lipinski definition) is 2. The zero-order valence-electron chi connectivity index (χ0n) is 17.0. The Morgan fingerprint density at radius 1 is 0.833 bits per heavy atom. The minimum absolute atomic E-state index is 0.138. The zero-order chi connectivity index (χ0) is 22.8. The lowest BCUT2D eigenvalue weighted by Gasteiger charge is -2.44. The molecule has 1 saturated heterocycles. The molecule has 2 amide bonds. The van der Waals surface area contributed by atoms with E-state index >= 15 is 0 Å². The summed E-state index contributed by atoms with van der Waals surface area (Å²) in [6.45, 7) is 4.21. The van der Waals surface area contributed by atoms with Gasteiger partial charge in [0.05, 0.1) is 0 Å². The molecule has 0 unspecified atom stereocenters. The third-order valence-corrected chi connectivity index (χ3v) is 3.83. The molecule has 170 valence electrons. The predicted octanol–water partition coefficient (Wildman–Crippen LogP) is -0.392. The first-order valence-electron chi connectivity index (χ1n) is 8.96. The third-order valence-electron chi connectivity index (χ3n) is 3.64. The molecule has 12 nitrogen and oxygen atoms in total. The standard InChI is InChI=1S/C17H25ClN2O10/c1-8(21)26-7-12-13(27-9(2)22)14(28-10(3)23)15(29-11(4)24)16(30-12)20-17(25)19-6-5-18/h12-16H,5-7H2,1-4H3,(H2,19,20,25)/t12-,13+,14-,15-,16+/m0/s1. The smallest absolute Gasteiger partial charge is 0.316 e. The highest BCUT2D eigenvalue weighted by atomic mass is 35.5. The highest BCUT2D eigenvalue weighted by Gasteiger charge is 2.52. The molecular weight excluding hydrogens is 428 g/mol. The summed E-state index contributed by atoms with van der Waals surface area (Å²) < 4.78 is 26.3. The highest BCUT2D eigenvalue weighted by Crippen LogP contribution is 2.28. The molecule has 0 aromatic carbocycles. The van der Waals surface area contributed by atoms with Crippen LogP contribution in [-0.2, 0) is 42.9 Å². The molecule has 5 atom stereocenters. The minimum atomic E-state index is -1.37. The Kier molecular flexibility index (Phi) is 10.3. The van der Waals surface area contributed by atoms with Gasteiger partial charge in [0.25, 0.3) is 0 Å². The van der Waals surface area contributed by atoms with Crippen LogP contribution >= 0.6 is 11.6 Å². The van der Waals surface area contributed by atoms with Crippen molar-refractivity contribution in [1.29, 1.82) is 0 Å². The molecule has 0 aromatic heterocycles. The van der Waals surface area contributed by atoms with Crippen LogP contribution in [0.25, 0.3) is 0 Å². The summed E-state index contributed by atoms with van der Waals surface area (Å²) >= 11 is 5.53. The fourth-order valence-corrected chi connectivity index (χ4v) is 2.78. The van der Waals surface area contributed by atoms with Crippen molar-refractivity contribution in [3.63, 3.8) is 0 Å². The number of nitrogens with one attached hydrogen (secondary N) is 2. The summed E-state index contributed by atoms with van der Waals surface area (Å²) in [6, 6.07) is -0.712. The van der Waals surface area contributed by atoms with Crippen LogP contribution in [0.4, 0.5) is 4.79 Å². The number of carbonyl (C=O) groups excluding carboxylic acids is 5. The van der Waals surface area contributed by atoms with E-state index in [4.69, 9.17) is 35.3 Å². The van der Waals surface area contributed by atoms with Gasteiger partial charge in [0.15, 0.2) is 24.5 Å². The molecule has 13 heteroatoms. The summed E-state index contributed by atoms with van der Waals surface area (Å²) in [5.41, 5.74) is 0. The van der Waals surface area contributed by atoms with Gasteiger partial charge in [-0.2, -0.15) is 0 Å². The molecule has 1 rings (SSSR count). The molecule has 1 fully saturated rings. The van der Waals surface area contributed by atoms with E-state index in [2.05, 4.69) is 10.6 Å². The molecule has 0 saturated carbocycles. The van der Waals surface area contributed by atoms with E-state index in [-0.39, 0.29) is 19.0 Å². The first kappa shape index (κ1) is 25.4. The molecule has 0 spiro atoms. The molecule has 30 heavy (non-hydrogen) atoms. The van der Waals surface area contributed by atoms with Gasteiger partial charge in [-0.15, -0.1) is 11.6 Å². The number of hydrogen-bond acceptors (Lipinski definition) is 10. The summed E-state index contributed by atoms with van der Waals surface area (Å²) in [5, 5.41) is 4.86. The van der Waals surface area contributed by atoms with Gasteiger partial charge < -0.3 is 34.3 Å². The van der Waals surface area contributed by atoms with E-state index in [1.54, 1.807) is 0 Å². The number of urea groups is 1. The number of rotatable bonds is 8. The fraction of sp³-hybridized carbons (Fsp3) is 0.706. The van der Waals surface area contributed by atoms with E-state index in [1.165, 1.54) is 0 Å². The van der Waals surface area contributed by atoms with Gasteiger partial charge in [-0.1, -0.05) is 0 Å². The van der Waals surface area contributed by atoms with Gasteiger partial charge >= 0.3 is 29.9 Å². The Morgan fingerprint density at radius 2 is 1.37 bits per heavy atom. The molecule has 1 aliphatic rings. The maximum absolute atomic E-state index is 12.1. The Balaban J connectivity index is 3.27. The van der Waals surface area contributed by atoms with Crippen molar-refractivity contribution in [2.24, 2.45) is 0 Å². The van der Waals surface area contributed by atoms with E-state index in [0.29, 0.717) is 0 Å². The van der Waals surface area contributed by atoms with Crippen LogP contribution in [0, 0.1) is 0 Å². The van der Waals surface area contributed by atoms with E-state index in [1.807, 2.05) is 0 Å². The van der Waals surface area contributed by atoms with Crippen LogP contribution in [0.5, 0.6) is 0 Å². The van der Waals surface area contributed by atoms with Gasteiger partial charge in [-0.3, -0.25) is 19.2 Å². The van der Waals surface area contributed by atoms with Crippen LogP contribution in [-0.4, -0.2) is 79.6 Å². The van der Waals surface area contributed by atoms with Crippen LogP contribution in [0.15, 0.2) is 0 Å². The van der Waals surface area contributed by atoms with Crippen LogP contribution in [0.2, 0.25) is 0 Å². The Labute approximate surface area is 177 Å². The van der Waals surface area contributed by atoms with Crippen molar-refractivity contribution in [3.05, 3.63) is 0 Å². The SMILES string of the molecule is CC(=O)OC[C@@H]1O[C@@H](NC(=O)NCCCl)[C@@H](OC(C)=O)[C@@H](OC(C)=O)[C@@H]1OC(C)=O. The maximum atomic E-state index is 12.1. The van der Waals surface area contributed by atoms with Crippen molar-refractivity contribution < 1.29 is 47.7 Å². The molecule has 1 heterocycles. The second-order valence-electron chi connectivity index (χ2n) is 6.21. The first-order chi connectivity index (χ1) is 14.0. The quantitative estimate of drug-likeness (QED) is 0.282. The average molecular weight is 453 g/mol. The molecule has 2 N–H and O–H groups in total. The largest absolute Gasteiger partial charge is 0.463 e. The van der Waals surface area contributed by atoms with Crippen molar-refractivity contribution >= 4 is 41.5 Å². The summed E-state index contributed by atoms with van der Waals surface area (Å²) in [7, 11) is 0. The van der Waals surface area contributed by atoms with Crippen LogP contribution in [0.1, 0.15) is 27.7 Å². The summed E-state index contributed by atoms with van der Waals surface area (Å²) in [5.74, 6) is -2.79. The third kappa shape index (κ3) is 8.41. The Hall–Kier alpha value is -2.60. The predicted molar refractivity (Wildman–Crippen MR) is 99.2 cm³/mol. The number of alkyl halides is 1. The molecule has 0 radical (unpaired) electrons. The van der Waals surface area contributed by atoms with Gasteiger partial charge in [0.1, 0.15) is 12.7 Å². The number of halogens is 1. The lowest BCUT2D eigenvalue weighted by atomic mass is 9.97.